The maximum absolute atomic E-state index is 13.1. The summed E-state index contributed by atoms with van der Waals surface area (Å²) >= 11 is 1.54. The zero-order chi connectivity index (χ0) is 21.3. The molecule has 1 amide bonds. The van der Waals surface area contributed by atoms with Crippen molar-refractivity contribution in [3.8, 4) is 11.5 Å². The molecule has 7 heteroatoms. The van der Waals surface area contributed by atoms with Crippen LogP contribution in [0, 0.1) is 0 Å². The maximum atomic E-state index is 13.1. The molecule has 0 spiro atoms. The number of methoxy groups -OCH3 is 1. The lowest BCUT2D eigenvalue weighted by molar-refractivity contribution is -0.894. The van der Waals surface area contributed by atoms with E-state index >= 15 is 0 Å². The normalized spacial score (nSPS) is 11.1. The van der Waals surface area contributed by atoms with Gasteiger partial charge >= 0.3 is 0 Å². The van der Waals surface area contributed by atoms with Crippen molar-refractivity contribution in [1.82, 2.24) is 4.98 Å². The van der Waals surface area contributed by atoms with E-state index in [1.165, 1.54) is 16.2 Å². The first kappa shape index (κ1) is 22.1. The van der Waals surface area contributed by atoms with Crippen molar-refractivity contribution in [3.63, 3.8) is 0 Å². The van der Waals surface area contributed by atoms with Crippen LogP contribution in [-0.2, 0) is 4.79 Å². The summed E-state index contributed by atoms with van der Waals surface area (Å²) in [5.74, 6) is 1.57. The predicted molar refractivity (Wildman–Crippen MR) is 122 cm³/mol. The van der Waals surface area contributed by atoms with Crippen molar-refractivity contribution in [2.45, 2.75) is 20.3 Å². The summed E-state index contributed by atoms with van der Waals surface area (Å²) < 4.78 is 12.1. The third-order valence-corrected chi connectivity index (χ3v) is 6.19. The Labute approximate surface area is 182 Å². The van der Waals surface area contributed by atoms with Crippen molar-refractivity contribution in [3.05, 3.63) is 48.5 Å². The van der Waals surface area contributed by atoms with Crippen LogP contribution in [0.15, 0.2) is 48.5 Å². The molecule has 0 unspecified atom stereocenters. The number of hydrogen-bond donors (Lipinski definition) is 1. The van der Waals surface area contributed by atoms with Gasteiger partial charge in [-0.1, -0.05) is 29.5 Å². The molecule has 0 atom stereocenters. The minimum Gasteiger partial charge on any atom is -0.497 e. The number of carbonyl (C=O) groups is 1. The number of nitrogens with zero attached hydrogens (tertiary/aromatic N) is 2. The van der Waals surface area contributed by atoms with Gasteiger partial charge < -0.3 is 14.4 Å². The molecule has 0 saturated heterocycles. The van der Waals surface area contributed by atoms with Gasteiger partial charge in [0.1, 0.15) is 11.5 Å². The number of ether oxygens (including phenoxy) is 2. The molecule has 0 aliphatic heterocycles. The van der Waals surface area contributed by atoms with Gasteiger partial charge in [0.2, 0.25) is 5.91 Å². The van der Waals surface area contributed by atoms with Gasteiger partial charge in [0.05, 0.1) is 56.5 Å². The highest BCUT2D eigenvalue weighted by Crippen LogP contribution is 2.31. The molecule has 1 N–H and O–H groups in total. The first-order chi connectivity index (χ1) is 14.6. The van der Waals surface area contributed by atoms with Crippen LogP contribution in [0.2, 0.25) is 0 Å². The Hall–Kier alpha value is -2.64. The molecular weight excluding hydrogens is 398 g/mol. The second-order valence-corrected chi connectivity index (χ2v) is 8.00. The molecule has 0 radical (unpaired) electrons. The fraction of sp³-hybridized carbons (Fsp3) is 0.391. The van der Waals surface area contributed by atoms with Crippen LogP contribution < -0.4 is 19.3 Å². The fourth-order valence-electron chi connectivity index (χ4n) is 3.25. The number of carbonyl (C=O) groups excluding carboxylic acids is 1. The summed E-state index contributed by atoms with van der Waals surface area (Å²) in [5.41, 5.74) is 0.850. The quantitative estimate of drug-likeness (QED) is 0.510. The molecule has 3 aromatic rings. The zero-order valence-corrected chi connectivity index (χ0v) is 18.7. The van der Waals surface area contributed by atoms with E-state index in [0.29, 0.717) is 19.6 Å². The molecule has 1 aromatic heterocycles. The lowest BCUT2D eigenvalue weighted by Gasteiger charge is -2.23. The van der Waals surface area contributed by atoms with Crippen LogP contribution >= 0.6 is 11.3 Å². The summed E-state index contributed by atoms with van der Waals surface area (Å²) in [6.45, 7) is 8.27. The minimum atomic E-state index is 0.0310. The van der Waals surface area contributed by atoms with E-state index in [1.54, 1.807) is 7.11 Å². The van der Waals surface area contributed by atoms with Crippen LogP contribution in [0.3, 0.4) is 0 Å². The summed E-state index contributed by atoms with van der Waals surface area (Å²) in [6.07, 6.45) is 0.307. The topological polar surface area (TPSA) is 56.1 Å². The Bertz CT molecular complexity index is 941. The number of anilines is 1. The summed E-state index contributed by atoms with van der Waals surface area (Å²) in [4.78, 5) is 21.1. The number of thiazole rings is 1. The van der Waals surface area contributed by atoms with Crippen molar-refractivity contribution in [1.29, 1.82) is 0 Å². The number of quaternary nitrogens is 1. The molecule has 0 fully saturated rings. The first-order valence-corrected chi connectivity index (χ1v) is 11.2. The highest BCUT2D eigenvalue weighted by Gasteiger charge is 2.21. The van der Waals surface area contributed by atoms with E-state index in [2.05, 4.69) is 13.8 Å². The van der Waals surface area contributed by atoms with Gasteiger partial charge in [-0.15, -0.1) is 0 Å². The van der Waals surface area contributed by atoms with Gasteiger partial charge in [-0.2, -0.15) is 0 Å². The van der Waals surface area contributed by atoms with E-state index in [-0.39, 0.29) is 5.91 Å². The SMILES string of the molecule is CC[NH+](CC)CCN(C(=O)CCOc1ccccc1)c1nc2cc(OC)ccc2s1. The van der Waals surface area contributed by atoms with Gasteiger partial charge in [0.25, 0.3) is 0 Å². The van der Waals surface area contributed by atoms with Crippen LogP contribution in [-0.4, -0.2) is 50.8 Å². The van der Waals surface area contributed by atoms with Crippen LogP contribution in [0.1, 0.15) is 20.3 Å². The molecule has 6 nitrogen and oxygen atoms in total. The van der Waals surface area contributed by atoms with Gasteiger partial charge in [0, 0.05) is 6.07 Å². The van der Waals surface area contributed by atoms with E-state index in [9.17, 15) is 4.79 Å². The number of rotatable bonds is 11. The smallest absolute Gasteiger partial charge is 0.232 e. The van der Waals surface area contributed by atoms with E-state index < -0.39 is 0 Å². The number of para-hydroxylation sites is 1. The third kappa shape index (κ3) is 5.70. The second kappa shape index (κ2) is 10.9. The zero-order valence-electron chi connectivity index (χ0n) is 17.9. The average Bonchev–Trinajstić information content (AvgIpc) is 3.20. The number of aromatic nitrogens is 1. The Morgan fingerprint density at radius 2 is 1.87 bits per heavy atom. The Morgan fingerprint density at radius 3 is 2.57 bits per heavy atom. The number of nitrogens with one attached hydrogen (secondary N) is 1. The number of hydrogen-bond acceptors (Lipinski definition) is 5. The summed E-state index contributed by atoms with van der Waals surface area (Å²) in [5, 5.41) is 0.731. The van der Waals surface area contributed by atoms with Gasteiger partial charge in [-0.05, 0) is 38.1 Å². The average molecular weight is 429 g/mol. The predicted octanol–water partition coefficient (Wildman–Crippen LogP) is 3.03. The van der Waals surface area contributed by atoms with E-state index in [4.69, 9.17) is 14.5 Å². The summed E-state index contributed by atoms with van der Waals surface area (Å²) in [7, 11) is 1.64. The molecule has 1 heterocycles. The van der Waals surface area contributed by atoms with Crippen LogP contribution in [0.4, 0.5) is 5.13 Å². The number of benzene rings is 2. The second-order valence-electron chi connectivity index (χ2n) is 6.99. The molecule has 0 aliphatic carbocycles. The highest BCUT2D eigenvalue weighted by molar-refractivity contribution is 7.22. The Balaban J connectivity index is 1.74. The van der Waals surface area contributed by atoms with Crippen molar-refractivity contribution in [2.75, 3.05) is 44.8 Å². The van der Waals surface area contributed by atoms with Crippen LogP contribution in [0.25, 0.3) is 10.2 Å². The highest BCUT2D eigenvalue weighted by atomic mass is 32.1. The minimum absolute atomic E-state index is 0.0310. The van der Waals surface area contributed by atoms with Crippen molar-refractivity contribution in [2.24, 2.45) is 0 Å². The molecule has 0 bridgehead atoms. The lowest BCUT2D eigenvalue weighted by atomic mass is 10.3. The fourth-order valence-corrected chi connectivity index (χ4v) is 4.24. The standard InChI is InChI=1S/C23H29N3O3S/c1-4-25(5-2)14-15-26(22(27)13-16-29-18-9-7-6-8-10-18)23-24-20-17-19(28-3)11-12-21(20)30-23/h6-12,17H,4-5,13-16H2,1-3H3/p+1. The molecule has 0 saturated carbocycles. The van der Waals surface area contributed by atoms with E-state index in [0.717, 1.165) is 46.5 Å². The molecule has 0 aliphatic rings. The largest absolute Gasteiger partial charge is 0.497 e. The first-order valence-electron chi connectivity index (χ1n) is 10.4. The number of amides is 1. The molecule has 160 valence electrons. The number of fused-ring (bicyclic) bond motifs is 1. The number of likely N-dealkylation sites (N-methyl/N-ethyl adjacent to an activating group) is 1. The van der Waals surface area contributed by atoms with E-state index in [1.807, 2.05) is 53.4 Å². The summed E-state index contributed by atoms with van der Waals surface area (Å²) in [6, 6.07) is 15.4. The molecule has 2 aromatic carbocycles. The molecule has 30 heavy (non-hydrogen) atoms. The monoisotopic (exact) mass is 428 g/mol. The Morgan fingerprint density at radius 1 is 1.10 bits per heavy atom. The van der Waals surface area contributed by atoms with Crippen LogP contribution in [0.5, 0.6) is 11.5 Å². The van der Waals surface area contributed by atoms with Gasteiger partial charge in [0.15, 0.2) is 5.13 Å². The maximum Gasteiger partial charge on any atom is 0.232 e. The van der Waals surface area contributed by atoms with Crippen molar-refractivity contribution < 1.29 is 19.2 Å². The molecule has 3 rings (SSSR count). The lowest BCUT2D eigenvalue weighted by Crippen LogP contribution is -3.12. The molecular formula is C23H30N3O3S+. The van der Waals surface area contributed by atoms with Crippen molar-refractivity contribution >= 4 is 32.6 Å². The van der Waals surface area contributed by atoms with Gasteiger partial charge in [-0.25, -0.2) is 4.98 Å². The third-order valence-electron chi connectivity index (χ3n) is 5.13. The Kier molecular flexibility index (Phi) is 8.04. The van der Waals surface area contributed by atoms with Gasteiger partial charge in [-0.3, -0.25) is 9.69 Å².